The van der Waals surface area contributed by atoms with Gasteiger partial charge in [-0.05, 0) is 42.4 Å². The van der Waals surface area contributed by atoms with Crippen LogP contribution in [-0.4, -0.2) is 20.0 Å². The summed E-state index contributed by atoms with van der Waals surface area (Å²) in [6.07, 6.45) is -2.86. The van der Waals surface area contributed by atoms with Gasteiger partial charge in [-0.15, -0.1) is 0 Å². The van der Waals surface area contributed by atoms with E-state index in [-0.39, 0.29) is 17.4 Å². The molecule has 2 saturated carbocycles. The molecule has 0 aromatic heterocycles. The van der Waals surface area contributed by atoms with Gasteiger partial charge < -0.3 is 0 Å². The van der Waals surface area contributed by atoms with Crippen molar-refractivity contribution in [1.29, 1.82) is 0 Å². The highest BCUT2D eigenvalue weighted by Crippen LogP contribution is 2.64. The highest BCUT2D eigenvalue weighted by Gasteiger charge is 2.65. The molecular weight excluding hydrogens is 355 g/mol. The molecular formula is C17H20F3NO3S. The van der Waals surface area contributed by atoms with E-state index < -0.39 is 38.3 Å². The second-order valence-electron chi connectivity index (χ2n) is 7.61. The number of hydrogen-bond donors (Lipinski definition) is 1. The second-order valence-corrected chi connectivity index (χ2v) is 9.33. The van der Waals surface area contributed by atoms with E-state index in [4.69, 9.17) is 0 Å². The number of benzene rings is 1. The van der Waals surface area contributed by atoms with Crippen molar-refractivity contribution in [3.63, 3.8) is 0 Å². The molecule has 0 saturated heterocycles. The smallest absolute Gasteiger partial charge is 0.299 e. The number of nitrogens with one attached hydrogen (secondary N) is 1. The minimum Gasteiger partial charge on any atom is -0.299 e. The average Bonchev–Trinajstić information content (AvgIpc) is 2.79. The number of ketones is 1. The molecule has 8 heteroatoms. The lowest BCUT2D eigenvalue weighted by atomic mass is 9.70. The third-order valence-corrected chi connectivity index (χ3v) is 7.46. The lowest BCUT2D eigenvalue weighted by molar-refractivity contribution is -0.137. The number of rotatable bonds is 4. The van der Waals surface area contributed by atoms with Crippen LogP contribution in [0.5, 0.6) is 0 Å². The average molecular weight is 375 g/mol. The Bertz CT molecular complexity index is 817. The Kier molecular flexibility index (Phi) is 3.98. The first-order valence-electron chi connectivity index (χ1n) is 8.08. The lowest BCUT2D eigenvalue weighted by Crippen LogP contribution is -2.43. The quantitative estimate of drug-likeness (QED) is 0.870. The zero-order valence-corrected chi connectivity index (χ0v) is 14.8. The van der Waals surface area contributed by atoms with Crippen molar-refractivity contribution in [2.75, 3.05) is 10.5 Å². The summed E-state index contributed by atoms with van der Waals surface area (Å²) in [5, 5.41) is 0. The maximum Gasteiger partial charge on any atom is 0.416 e. The van der Waals surface area contributed by atoms with Gasteiger partial charge in [0.1, 0.15) is 5.78 Å². The fourth-order valence-electron chi connectivity index (χ4n) is 4.41. The van der Waals surface area contributed by atoms with Gasteiger partial charge in [0.15, 0.2) is 0 Å². The van der Waals surface area contributed by atoms with E-state index in [1.54, 1.807) is 0 Å². The summed E-state index contributed by atoms with van der Waals surface area (Å²) in [5.41, 5.74) is -2.45. The van der Waals surface area contributed by atoms with Crippen molar-refractivity contribution in [1.82, 2.24) is 0 Å². The molecule has 0 amide bonds. The van der Waals surface area contributed by atoms with E-state index >= 15 is 0 Å². The maximum absolute atomic E-state index is 12.8. The fraction of sp³-hybridized carbons (Fsp3) is 0.588. The summed E-state index contributed by atoms with van der Waals surface area (Å²) >= 11 is 0. The molecule has 138 valence electrons. The first-order valence-corrected chi connectivity index (χ1v) is 9.74. The molecule has 0 heterocycles. The van der Waals surface area contributed by atoms with Crippen molar-refractivity contribution in [3.8, 4) is 0 Å². The lowest BCUT2D eigenvalue weighted by Gasteiger charge is -2.36. The van der Waals surface area contributed by atoms with Crippen LogP contribution < -0.4 is 4.72 Å². The second kappa shape index (κ2) is 5.46. The first kappa shape index (κ1) is 18.2. The third kappa shape index (κ3) is 2.94. The highest BCUT2D eigenvalue weighted by molar-refractivity contribution is 7.92. The van der Waals surface area contributed by atoms with Crippen LogP contribution in [0.3, 0.4) is 0 Å². The Morgan fingerprint density at radius 2 is 1.96 bits per heavy atom. The van der Waals surface area contributed by atoms with E-state index in [0.29, 0.717) is 12.8 Å². The van der Waals surface area contributed by atoms with Crippen molar-refractivity contribution < 1.29 is 26.4 Å². The van der Waals surface area contributed by atoms with Crippen LogP contribution in [-0.2, 0) is 21.0 Å². The Balaban J connectivity index is 1.85. The zero-order valence-electron chi connectivity index (χ0n) is 14.0. The minimum atomic E-state index is -4.55. The molecule has 4 nitrogen and oxygen atoms in total. The fourth-order valence-corrected chi connectivity index (χ4v) is 6.29. The molecule has 3 rings (SSSR count). The summed E-state index contributed by atoms with van der Waals surface area (Å²) in [5.74, 6) is -0.273. The number of carbonyl (C=O) groups is 1. The normalized spacial score (nSPS) is 28.4. The topological polar surface area (TPSA) is 63.2 Å². The molecule has 25 heavy (non-hydrogen) atoms. The molecule has 1 aromatic carbocycles. The third-order valence-electron chi connectivity index (χ3n) is 6.04. The van der Waals surface area contributed by atoms with Crippen LogP contribution in [0, 0.1) is 16.7 Å². The van der Waals surface area contributed by atoms with E-state index in [1.165, 1.54) is 6.07 Å². The maximum atomic E-state index is 12.8. The van der Waals surface area contributed by atoms with Gasteiger partial charge >= 0.3 is 6.18 Å². The van der Waals surface area contributed by atoms with Crippen molar-refractivity contribution in [2.24, 2.45) is 16.7 Å². The largest absolute Gasteiger partial charge is 0.416 e. The van der Waals surface area contributed by atoms with Crippen molar-refractivity contribution in [2.45, 2.75) is 39.3 Å². The molecule has 2 aliphatic rings. The van der Waals surface area contributed by atoms with E-state index in [2.05, 4.69) is 4.72 Å². The summed E-state index contributed by atoms with van der Waals surface area (Å²) in [6.45, 7) is 3.82. The molecule has 1 N–H and O–H groups in total. The van der Waals surface area contributed by atoms with E-state index in [1.807, 2.05) is 13.8 Å². The monoisotopic (exact) mass is 375 g/mol. The predicted octanol–water partition coefficient (Wildman–Crippen LogP) is 3.84. The van der Waals surface area contributed by atoms with Gasteiger partial charge in [0, 0.05) is 12.1 Å². The number of hydrogen-bond acceptors (Lipinski definition) is 3. The molecule has 0 radical (unpaired) electrons. The van der Waals surface area contributed by atoms with E-state index in [0.717, 1.165) is 24.6 Å². The number of sulfonamides is 1. The molecule has 1 aromatic rings. The number of anilines is 1. The molecule has 0 spiro atoms. The summed E-state index contributed by atoms with van der Waals surface area (Å²) in [6, 6.07) is 4.05. The van der Waals surface area contributed by atoms with Crippen LogP contribution in [0.2, 0.25) is 0 Å². The van der Waals surface area contributed by atoms with Gasteiger partial charge in [-0.25, -0.2) is 8.42 Å². The van der Waals surface area contributed by atoms with Crippen molar-refractivity contribution in [3.05, 3.63) is 29.8 Å². The van der Waals surface area contributed by atoms with Gasteiger partial charge in [-0.1, -0.05) is 19.9 Å². The van der Waals surface area contributed by atoms with Crippen LogP contribution in [0.15, 0.2) is 24.3 Å². The predicted molar refractivity (Wildman–Crippen MR) is 87.4 cm³/mol. The van der Waals surface area contributed by atoms with E-state index in [9.17, 15) is 26.4 Å². The molecule has 2 aliphatic carbocycles. The highest BCUT2D eigenvalue weighted by atomic mass is 32.2. The molecule has 2 atom stereocenters. The molecule has 0 unspecified atom stereocenters. The summed E-state index contributed by atoms with van der Waals surface area (Å²) in [4.78, 5) is 12.4. The van der Waals surface area contributed by atoms with Crippen LogP contribution >= 0.6 is 0 Å². The number of alkyl halides is 3. The van der Waals surface area contributed by atoms with Crippen LogP contribution in [0.1, 0.15) is 38.7 Å². The Morgan fingerprint density at radius 3 is 2.48 bits per heavy atom. The van der Waals surface area contributed by atoms with Gasteiger partial charge in [0.05, 0.1) is 16.7 Å². The van der Waals surface area contributed by atoms with Crippen LogP contribution in [0.25, 0.3) is 0 Å². The van der Waals surface area contributed by atoms with Gasteiger partial charge in [0.25, 0.3) is 0 Å². The first-order chi connectivity index (χ1) is 11.4. The number of fused-ring (bicyclic) bond motifs is 2. The molecule has 2 bridgehead atoms. The standard InChI is InChI=1S/C17H20F3NO3S/c1-15(2)11-6-7-16(15,14(22)9-11)10-25(23,24)21-13-5-3-4-12(8-13)17(18,19)20/h3-5,8,11,21H,6-7,9-10H2,1-2H3/t11-,16-/m1/s1. The van der Waals surface area contributed by atoms with Gasteiger partial charge in [0.2, 0.25) is 10.0 Å². The molecule has 0 aliphatic heterocycles. The Morgan fingerprint density at radius 1 is 1.28 bits per heavy atom. The van der Waals surface area contributed by atoms with Gasteiger partial charge in [-0.2, -0.15) is 13.2 Å². The molecule has 2 fully saturated rings. The number of carbonyl (C=O) groups excluding carboxylic acids is 1. The number of Topliss-reactive ketones (excluding diaryl/α,β-unsaturated/α-hetero) is 1. The Labute approximate surface area is 144 Å². The van der Waals surface area contributed by atoms with Crippen molar-refractivity contribution >= 4 is 21.5 Å². The summed E-state index contributed by atoms with van der Waals surface area (Å²) in [7, 11) is -3.97. The minimum absolute atomic E-state index is 0.0526. The SMILES string of the molecule is CC1(C)[C@@H]2CC[C@@]1(CS(=O)(=O)Nc1cccc(C(F)(F)F)c1)C(=O)C2. The Hall–Kier alpha value is -1.57. The summed E-state index contributed by atoms with van der Waals surface area (Å²) < 4.78 is 65.7. The van der Waals surface area contributed by atoms with Gasteiger partial charge in [-0.3, -0.25) is 9.52 Å². The van der Waals surface area contributed by atoms with Crippen LogP contribution in [0.4, 0.5) is 18.9 Å². The zero-order chi connectivity index (χ0) is 18.7. The number of halogens is 3.